The topological polar surface area (TPSA) is 86.9 Å². The van der Waals surface area contributed by atoms with E-state index < -0.39 is 0 Å². The first-order valence-electron chi connectivity index (χ1n) is 9.55. The van der Waals surface area contributed by atoms with Gasteiger partial charge in [0.1, 0.15) is 0 Å². The highest BCUT2D eigenvalue weighted by Crippen LogP contribution is 2.20. The molecule has 7 nitrogen and oxygen atoms in total. The summed E-state index contributed by atoms with van der Waals surface area (Å²) >= 11 is 0. The number of amides is 3. The Bertz CT molecular complexity index is 704. The summed E-state index contributed by atoms with van der Waals surface area (Å²) in [5.41, 5.74) is 7.56. The number of piperazine rings is 1. The number of hydrogen-bond donors (Lipinski definition) is 1. The standard InChI is InChI=1S/C20H28N4O3/c1-15-4-6-16(7-5-15)11-23-9-10-24(14-19(23)26)20(27)17-3-2-8-22(12-17)13-18(21)25/h4-7,17H,2-3,8-14H2,1H3,(H2,21,25). The third kappa shape index (κ3) is 5.07. The fraction of sp³-hybridized carbons (Fsp3) is 0.550. The normalized spacial score (nSPS) is 21.4. The molecule has 1 aromatic rings. The number of aryl methyl sites for hydroxylation is 1. The Morgan fingerprint density at radius 3 is 2.56 bits per heavy atom. The van der Waals surface area contributed by atoms with Crippen LogP contribution in [0.2, 0.25) is 0 Å². The summed E-state index contributed by atoms with van der Waals surface area (Å²) in [6, 6.07) is 8.16. The number of piperidine rings is 1. The molecule has 2 aliphatic heterocycles. The van der Waals surface area contributed by atoms with Gasteiger partial charge in [-0.3, -0.25) is 19.3 Å². The zero-order valence-electron chi connectivity index (χ0n) is 15.9. The average molecular weight is 372 g/mol. The molecule has 1 aromatic carbocycles. The predicted molar refractivity (Wildman–Crippen MR) is 102 cm³/mol. The molecule has 27 heavy (non-hydrogen) atoms. The highest BCUT2D eigenvalue weighted by molar-refractivity contribution is 5.87. The van der Waals surface area contributed by atoms with Crippen molar-refractivity contribution in [3.63, 3.8) is 0 Å². The van der Waals surface area contributed by atoms with Gasteiger partial charge in [0, 0.05) is 26.2 Å². The molecule has 1 unspecified atom stereocenters. The lowest BCUT2D eigenvalue weighted by Crippen LogP contribution is -2.55. The largest absolute Gasteiger partial charge is 0.369 e. The summed E-state index contributed by atoms with van der Waals surface area (Å²) in [4.78, 5) is 41.9. The Morgan fingerprint density at radius 2 is 1.89 bits per heavy atom. The maximum Gasteiger partial charge on any atom is 0.242 e. The maximum absolute atomic E-state index is 12.8. The quantitative estimate of drug-likeness (QED) is 0.809. The van der Waals surface area contributed by atoms with Crippen molar-refractivity contribution in [2.45, 2.75) is 26.3 Å². The van der Waals surface area contributed by atoms with Crippen molar-refractivity contribution >= 4 is 17.7 Å². The highest BCUT2D eigenvalue weighted by atomic mass is 16.2. The second-order valence-corrected chi connectivity index (χ2v) is 7.60. The molecule has 2 saturated heterocycles. The van der Waals surface area contributed by atoms with Gasteiger partial charge >= 0.3 is 0 Å². The molecular formula is C20H28N4O3. The molecule has 3 rings (SSSR count). The van der Waals surface area contributed by atoms with Gasteiger partial charge in [-0.25, -0.2) is 0 Å². The summed E-state index contributed by atoms with van der Waals surface area (Å²) in [5.74, 6) is -0.523. The number of benzene rings is 1. The van der Waals surface area contributed by atoms with Crippen LogP contribution in [-0.4, -0.2) is 71.7 Å². The number of primary amides is 1. The van der Waals surface area contributed by atoms with Gasteiger partial charge in [0.2, 0.25) is 17.7 Å². The lowest BCUT2D eigenvalue weighted by molar-refractivity contribution is -0.149. The molecule has 1 atom stereocenters. The molecule has 2 aliphatic rings. The van der Waals surface area contributed by atoms with E-state index in [0.29, 0.717) is 26.2 Å². The van der Waals surface area contributed by atoms with Crippen LogP contribution in [0.4, 0.5) is 0 Å². The Kier molecular flexibility index (Phi) is 6.11. The number of nitrogens with zero attached hydrogens (tertiary/aromatic N) is 3. The van der Waals surface area contributed by atoms with Gasteiger partial charge in [0.05, 0.1) is 19.0 Å². The van der Waals surface area contributed by atoms with Crippen LogP contribution in [0, 0.1) is 12.8 Å². The maximum atomic E-state index is 12.8. The second kappa shape index (κ2) is 8.52. The van der Waals surface area contributed by atoms with E-state index in [1.807, 2.05) is 41.0 Å². The Labute approximate surface area is 160 Å². The molecule has 0 aliphatic carbocycles. The van der Waals surface area contributed by atoms with E-state index in [-0.39, 0.29) is 36.7 Å². The van der Waals surface area contributed by atoms with Crippen LogP contribution in [0.1, 0.15) is 24.0 Å². The van der Waals surface area contributed by atoms with E-state index in [1.54, 1.807) is 4.90 Å². The van der Waals surface area contributed by atoms with Crippen molar-refractivity contribution in [3.05, 3.63) is 35.4 Å². The fourth-order valence-corrected chi connectivity index (χ4v) is 3.86. The molecule has 0 bridgehead atoms. The molecule has 2 N–H and O–H groups in total. The van der Waals surface area contributed by atoms with Crippen LogP contribution in [0.25, 0.3) is 0 Å². The smallest absolute Gasteiger partial charge is 0.242 e. The molecular weight excluding hydrogens is 344 g/mol. The first-order chi connectivity index (χ1) is 12.9. The highest BCUT2D eigenvalue weighted by Gasteiger charge is 2.33. The van der Waals surface area contributed by atoms with Crippen LogP contribution < -0.4 is 5.73 Å². The van der Waals surface area contributed by atoms with Crippen molar-refractivity contribution in [1.82, 2.24) is 14.7 Å². The average Bonchev–Trinajstić information content (AvgIpc) is 2.64. The zero-order chi connectivity index (χ0) is 19.4. The minimum absolute atomic E-state index is 0.0139. The van der Waals surface area contributed by atoms with Gasteiger partial charge in [-0.15, -0.1) is 0 Å². The van der Waals surface area contributed by atoms with Gasteiger partial charge in [-0.05, 0) is 31.9 Å². The number of carbonyl (C=O) groups is 3. The fourth-order valence-electron chi connectivity index (χ4n) is 3.86. The molecule has 0 saturated carbocycles. The number of carbonyl (C=O) groups excluding carboxylic acids is 3. The SMILES string of the molecule is Cc1ccc(CN2CCN(C(=O)C3CCCN(CC(N)=O)C3)CC2=O)cc1. The van der Waals surface area contributed by atoms with Gasteiger partial charge in [0.25, 0.3) is 0 Å². The van der Waals surface area contributed by atoms with E-state index >= 15 is 0 Å². The first kappa shape index (κ1) is 19.4. The van der Waals surface area contributed by atoms with Crippen LogP contribution >= 0.6 is 0 Å². The predicted octanol–water partition coefficient (Wildman–Crippen LogP) is 0.363. The van der Waals surface area contributed by atoms with E-state index in [4.69, 9.17) is 5.73 Å². The molecule has 7 heteroatoms. The Balaban J connectivity index is 1.53. The van der Waals surface area contributed by atoms with E-state index in [9.17, 15) is 14.4 Å². The lowest BCUT2D eigenvalue weighted by Gasteiger charge is -2.38. The van der Waals surface area contributed by atoms with Crippen LogP contribution in [0.15, 0.2) is 24.3 Å². The summed E-state index contributed by atoms with van der Waals surface area (Å²) in [6.07, 6.45) is 1.66. The third-order valence-electron chi connectivity index (χ3n) is 5.36. The van der Waals surface area contributed by atoms with Crippen molar-refractivity contribution < 1.29 is 14.4 Å². The van der Waals surface area contributed by atoms with Crippen molar-refractivity contribution in [2.75, 3.05) is 39.3 Å². The Hall–Kier alpha value is -2.41. The first-order valence-corrected chi connectivity index (χ1v) is 9.55. The molecule has 0 spiro atoms. The Morgan fingerprint density at radius 1 is 1.15 bits per heavy atom. The van der Waals surface area contributed by atoms with Gasteiger partial charge in [-0.1, -0.05) is 29.8 Å². The molecule has 2 heterocycles. The van der Waals surface area contributed by atoms with Crippen molar-refractivity contribution in [2.24, 2.45) is 11.7 Å². The third-order valence-corrected chi connectivity index (χ3v) is 5.36. The van der Waals surface area contributed by atoms with Crippen LogP contribution in [0.3, 0.4) is 0 Å². The van der Waals surface area contributed by atoms with Crippen LogP contribution in [-0.2, 0) is 20.9 Å². The summed E-state index contributed by atoms with van der Waals surface area (Å²) in [6.45, 7) is 5.38. The van der Waals surface area contributed by atoms with Gasteiger partial charge < -0.3 is 15.5 Å². The summed E-state index contributed by atoms with van der Waals surface area (Å²) < 4.78 is 0. The summed E-state index contributed by atoms with van der Waals surface area (Å²) in [5, 5.41) is 0. The van der Waals surface area contributed by atoms with E-state index in [0.717, 1.165) is 24.9 Å². The minimum Gasteiger partial charge on any atom is -0.369 e. The van der Waals surface area contributed by atoms with E-state index in [1.165, 1.54) is 5.56 Å². The second-order valence-electron chi connectivity index (χ2n) is 7.60. The van der Waals surface area contributed by atoms with Gasteiger partial charge in [-0.2, -0.15) is 0 Å². The zero-order valence-corrected chi connectivity index (χ0v) is 15.9. The molecule has 2 fully saturated rings. The molecule has 0 aromatic heterocycles. The van der Waals surface area contributed by atoms with Crippen molar-refractivity contribution in [1.29, 1.82) is 0 Å². The van der Waals surface area contributed by atoms with Gasteiger partial charge in [0.15, 0.2) is 0 Å². The number of rotatable bonds is 5. The monoisotopic (exact) mass is 372 g/mol. The lowest BCUT2D eigenvalue weighted by atomic mass is 9.96. The number of hydrogen-bond acceptors (Lipinski definition) is 4. The molecule has 146 valence electrons. The number of likely N-dealkylation sites (tertiary alicyclic amines) is 1. The van der Waals surface area contributed by atoms with Crippen molar-refractivity contribution in [3.8, 4) is 0 Å². The van der Waals surface area contributed by atoms with E-state index in [2.05, 4.69) is 0 Å². The molecule has 0 radical (unpaired) electrons. The number of nitrogens with two attached hydrogens (primary N) is 1. The van der Waals surface area contributed by atoms with Crippen LogP contribution in [0.5, 0.6) is 0 Å². The summed E-state index contributed by atoms with van der Waals surface area (Å²) in [7, 11) is 0. The minimum atomic E-state index is -0.372. The molecule has 3 amide bonds.